The molecule has 0 aromatic heterocycles. The van der Waals surface area contributed by atoms with Crippen molar-refractivity contribution in [1.82, 2.24) is 9.80 Å². The highest BCUT2D eigenvalue weighted by Crippen LogP contribution is 2.32. The van der Waals surface area contributed by atoms with E-state index < -0.39 is 0 Å². The molecule has 7 heteroatoms. The van der Waals surface area contributed by atoms with E-state index in [2.05, 4.69) is 5.32 Å². The van der Waals surface area contributed by atoms with Gasteiger partial charge in [0.1, 0.15) is 5.82 Å². The van der Waals surface area contributed by atoms with Crippen LogP contribution >= 0.6 is 0 Å². The Morgan fingerprint density at radius 2 is 2.09 bits per heavy atom. The number of methoxy groups -OCH3 is 1. The van der Waals surface area contributed by atoms with Gasteiger partial charge in [-0.25, -0.2) is 9.18 Å². The van der Waals surface area contributed by atoms with E-state index in [4.69, 9.17) is 4.74 Å². The minimum atomic E-state index is -0.348. The second-order valence-electron chi connectivity index (χ2n) is 5.84. The largest absolute Gasteiger partial charge is 0.383 e. The van der Waals surface area contributed by atoms with E-state index in [0.29, 0.717) is 31.8 Å². The standard InChI is InChI=1S/C16H20FN3O3/c1-23-9-8-19-13-6-7-20(14(13)10-15(19)21)16(22)18-12-4-2-11(17)3-5-12/h2-5,13-14H,6-10H2,1H3,(H,18,22)/t13-,14-/m1/s1. The Balaban J connectivity index is 1.64. The van der Waals surface area contributed by atoms with Crippen molar-refractivity contribution in [2.24, 2.45) is 0 Å². The smallest absolute Gasteiger partial charge is 0.322 e. The summed E-state index contributed by atoms with van der Waals surface area (Å²) in [6.07, 6.45) is 1.13. The zero-order chi connectivity index (χ0) is 16.4. The third kappa shape index (κ3) is 3.14. The van der Waals surface area contributed by atoms with Gasteiger partial charge >= 0.3 is 6.03 Å². The molecular formula is C16H20FN3O3. The summed E-state index contributed by atoms with van der Waals surface area (Å²) in [6.45, 7) is 1.67. The lowest BCUT2D eigenvalue weighted by molar-refractivity contribution is -0.129. The van der Waals surface area contributed by atoms with Gasteiger partial charge < -0.3 is 19.9 Å². The molecule has 1 N–H and O–H groups in total. The van der Waals surface area contributed by atoms with Gasteiger partial charge in [-0.15, -0.1) is 0 Å². The molecule has 2 saturated heterocycles. The molecule has 23 heavy (non-hydrogen) atoms. The Bertz CT molecular complexity index is 593. The molecule has 0 radical (unpaired) electrons. The lowest BCUT2D eigenvalue weighted by Gasteiger charge is -2.25. The first-order valence-corrected chi connectivity index (χ1v) is 7.71. The number of amides is 3. The monoisotopic (exact) mass is 321 g/mol. The third-order valence-electron chi connectivity index (χ3n) is 4.51. The molecule has 2 atom stereocenters. The van der Waals surface area contributed by atoms with Crippen LogP contribution in [0.2, 0.25) is 0 Å². The third-order valence-corrected chi connectivity index (χ3v) is 4.51. The number of carbonyl (C=O) groups excluding carboxylic acids is 2. The molecule has 0 spiro atoms. The highest BCUT2D eigenvalue weighted by Gasteiger charge is 2.48. The molecule has 6 nitrogen and oxygen atoms in total. The topological polar surface area (TPSA) is 61.9 Å². The number of fused-ring (bicyclic) bond motifs is 1. The number of anilines is 1. The van der Waals surface area contributed by atoms with Crippen LogP contribution in [0.4, 0.5) is 14.9 Å². The van der Waals surface area contributed by atoms with Crippen molar-refractivity contribution >= 4 is 17.6 Å². The summed E-state index contributed by atoms with van der Waals surface area (Å²) in [6, 6.07) is 5.36. The van der Waals surface area contributed by atoms with E-state index in [-0.39, 0.29) is 29.8 Å². The summed E-state index contributed by atoms with van der Waals surface area (Å²) < 4.78 is 18.0. The van der Waals surface area contributed by atoms with Crippen LogP contribution in [0, 0.1) is 5.82 Å². The number of halogens is 1. The quantitative estimate of drug-likeness (QED) is 0.918. The number of rotatable bonds is 4. The summed E-state index contributed by atoms with van der Waals surface area (Å²) >= 11 is 0. The first-order valence-electron chi connectivity index (χ1n) is 7.71. The van der Waals surface area contributed by atoms with Gasteiger partial charge in [-0.05, 0) is 30.7 Å². The van der Waals surface area contributed by atoms with E-state index in [9.17, 15) is 14.0 Å². The van der Waals surface area contributed by atoms with Crippen LogP contribution in [-0.4, -0.2) is 60.6 Å². The summed E-state index contributed by atoms with van der Waals surface area (Å²) in [5, 5.41) is 2.76. The maximum atomic E-state index is 12.9. The Labute approximate surface area is 134 Å². The lowest BCUT2D eigenvalue weighted by Crippen LogP contribution is -2.42. The van der Waals surface area contributed by atoms with Gasteiger partial charge in [-0.1, -0.05) is 0 Å². The molecule has 2 fully saturated rings. The molecule has 2 heterocycles. The second-order valence-corrected chi connectivity index (χ2v) is 5.84. The van der Waals surface area contributed by atoms with Gasteiger partial charge in [0.25, 0.3) is 0 Å². The number of hydrogen-bond donors (Lipinski definition) is 1. The van der Waals surface area contributed by atoms with Crippen LogP contribution < -0.4 is 5.32 Å². The zero-order valence-corrected chi connectivity index (χ0v) is 13.0. The highest BCUT2D eigenvalue weighted by molar-refractivity contribution is 5.91. The first kappa shape index (κ1) is 15.7. The lowest BCUT2D eigenvalue weighted by atomic mass is 10.1. The van der Waals surface area contributed by atoms with Crippen LogP contribution in [0.3, 0.4) is 0 Å². The molecule has 1 aromatic rings. The van der Waals surface area contributed by atoms with E-state index in [1.165, 1.54) is 24.3 Å². The van der Waals surface area contributed by atoms with Crippen molar-refractivity contribution in [1.29, 1.82) is 0 Å². The minimum Gasteiger partial charge on any atom is -0.383 e. The second kappa shape index (κ2) is 6.54. The van der Waals surface area contributed by atoms with Crippen molar-refractivity contribution < 1.29 is 18.7 Å². The number of nitrogens with zero attached hydrogens (tertiary/aromatic N) is 2. The maximum absolute atomic E-state index is 12.9. The summed E-state index contributed by atoms with van der Waals surface area (Å²) in [4.78, 5) is 28.1. The number of likely N-dealkylation sites (tertiary alicyclic amines) is 2. The van der Waals surface area contributed by atoms with Gasteiger partial charge in [0.15, 0.2) is 0 Å². The zero-order valence-electron chi connectivity index (χ0n) is 13.0. The van der Waals surface area contributed by atoms with Gasteiger partial charge in [-0.2, -0.15) is 0 Å². The summed E-state index contributed by atoms with van der Waals surface area (Å²) in [5.74, 6) is -0.282. The number of hydrogen-bond acceptors (Lipinski definition) is 3. The van der Waals surface area contributed by atoms with Crippen molar-refractivity contribution in [3.63, 3.8) is 0 Å². The van der Waals surface area contributed by atoms with Gasteiger partial charge in [0, 0.05) is 32.3 Å². The van der Waals surface area contributed by atoms with Gasteiger partial charge in [0.05, 0.1) is 18.7 Å². The average Bonchev–Trinajstić information content (AvgIpc) is 3.06. The summed E-state index contributed by atoms with van der Waals surface area (Å²) in [7, 11) is 1.61. The molecule has 3 amide bonds. The average molecular weight is 321 g/mol. The van der Waals surface area contributed by atoms with Crippen LogP contribution in [0.1, 0.15) is 12.8 Å². The number of carbonyl (C=O) groups is 2. The van der Waals surface area contributed by atoms with Crippen LogP contribution in [-0.2, 0) is 9.53 Å². The predicted octanol–water partition coefficient (Wildman–Crippen LogP) is 1.68. The Hall–Kier alpha value is -2.15. The van der Waals surface area contributed by atoms with E-state index in [1.54, 1.807) is 12.0 Å². The van der Waals surface area contributed by atoms with Crippen molar-refractivity contribution in [2.75, 3.05) is 32.1 Å². The molecular weight excluding hydrogens is 301 g/mol. The SMILES string of the molecule is COCCN1C(=O)C[C@@H]2[C@H]1CCN2C(=O)Nc1ccc(F)cc1. The number of urea groups is 1. The highest BCUT2D eigenvalue weighted by atomic mass is 19.1. The van der Waals surface area contributed by atoms with E-state index in [1.807, 2.05) is 4.90 Å². The minimum absolute atomic E-state index is 0.0660. The van der Waals surface area contributed by atoms with Crippen LogP contribution in [0.5, 0.6) is 0 Å². The molecule has 2 aliphatic rings. The van der Waals surface area contributed by atoms with Gasteiger partial charge in [-0.3, -0.25) is 4.79 Å². The molecule has 124 valence electrons. The summed E-state index contributed by atoms with van der Waals surface area (Å²) in [5.41, 5.74) is 0.542. The normalized spacial score (nSPS) is 23.3. The van der Waals surface area contributed by atoms with Gasteiger partial charge in [0.2, 0.25) is 5.91 Å². The molecule has 0 aliphatic carbocycles. The van der Waals surface area contributed by atoms with Crippen LogP contribution in [0.25, 0.3) is 0 Å². The van der Waals surface area contributed by atoms with Crippen molar-refractivity contribution in [3.05, 3.63) is 30.1 Å². The molecule has 2 aliphatic heterocycles. The number of nitrogens with one attached hydrogen (secondary N) is 1. The molecule has 0 bridgehead atoms. The fraction of sp³-hybridized carbons (Fsp3) is 0.500. The molecule has 0 saturated carbocycles. The molecule has 0 unspecified atom stereocenters. The first-order chi connectivity index (χ1) is 11.1. The van der Waals surface area contributed by atoms with E-state index in [0.717, 1.165) is 6.42 Å². The maximum Gasteiger partial charge on any atom is 0.322 e. The van der Waals surface area contributed by atoms with Crippen LogP contribution in [0.15, 0.2) is 24.3 Å². The Kier molecular flexibility index (Phi) is 4.47. The number of benzene rings is 1. The number of ether oxygens (including phenoxy) is 1. The predicted molar refractivity (Wildman–Crippen MR) is 82.5 cm³/mol. The Morgan fingerprint density at radius 1 is 1.35 bits per heavy atom. The fourth-order valence-electron chi connectivity index (χ4n) is 3.39. The van der Waals surface area contributed by atoms with Crippen molar-refractivity contribution in [3.8, 4) is 0 Å². The fourth-order valence-corrected chi connectivity index (χ4v) is 3.39. The Morgan fingerprint density at radius 3 is 2.78 bits per heavy atom. The van der Waals surface area contributed by atoms with Crippen molar-refractivity contribution in [2.45, 2.75) is 24.9 Å². The molecule has 3 rings (SSSR count). The molecule has 1 aromatic carbocycles. The van der Waals surface area contributed by atoms with E-state index >= 15 is 0 Å².